The van der Waals surface area contributed by atoms with Gasteiger partial charge in [-0.25, -0.2) is 0 Å². The third-order valence-electron chi connectivity index (χ3n) is 3.28. The van der Waals surface area contributed by atoms with Gasteiger partial charge in [-0.2, -0.15) is 0 Å². The highest BCUT2D eigenvalue weighted by Crippen LogP contribution is 2.16. The Morgan fingerprint density at radius 1 is 1.53 bits per heavy atom. The molecular formula is C12H16N4O. The summed E-state index contributed by atoms with van der Waals surface area (Å²) in [5.74, 6) is 1.83. The molecule has 3 rings (SSSR count). The number of hydrogen-bond acceptors (Lipinski definition) is 4. The van der Waals surface area contributed by atoms with Crippen LogP contribution in [0.5, 0.6) is 5.75 Å². The standard InChI is InChI=1S/C12H16N4O/c1-17-10-4-6-16-11(14-15-12(16)8-10)7-9-3-2-5-13-9/h4,6,8-9,13H,2-3,5,7H2,1H3. The van der Waals surface area contributed by atoms with Gasteiger partial charge in [-0.15, -0.1) is 10.2 Å². The fraction of sp³-hybridized carbons (Fsp3) is 0.500. The lowest BCUT2D eigenvalue weighted by atomic mass is 10.1. The van der Waals surface area contributed by atoms with Crippen molar-refractivity contribution < 1.29 is 4.74 Å². The van der Waals surface area contributed by atoms with E-state index < -0.39 is 0 Å². The van der Waals surface area contributed by atoms with Gasteiger partial charge >= 0.3 is 0 Å². The van der Waals surface area contributed by atoms with Crippen LogP contribution >= 0.6 is 0 Å². The highest BCUT2D eigenvalue weighted by atomic mass is 16.5. The molecule has 5 nitrogen and oxygen atoms in total. The summed E-state index contributed by atoms with van der Waals surface area (Å²) in [5.41, 5.74) is 0.845. The Hall–Kier alpha value is -1.62. The third-order valence-corrected chi connectivity index (χ3v) is 3.28. The van der Waals surface area contributed by atoms with Crippen LogP contribution in [0.15, 0.2) is 18.3 Å². The molecule has 90 valence electrons. The predicted molar refractivity (Wildman–Crippen MR) is 64.3 cm³/mol. The molecule has 2 aromatic rings. The Balaban J connectivity index is 1.89. The van der Waals surface area contributed by atoms with Crippen molar-refractivity contribution in [1.82, 2.24) is 19.9 Å². The SMILES string of the molecule is COc1ccn2c(CC3CCCN3)nnc2c1. The van der Waals surface area contributed by atoms with Crippen LogP contribution in [-0.4, -0.2) is 34.3 Å². The second-order valence-corrected chi connectivity index (χ2v) is 4.41. The van der Waals surface area contributed by atoms with E-state index in [1.807, 2.05) is 22.7 Å². The number of nitrogens with one attached hydrogen (secondary N) is 1. The van der Waals surface area contributed by atoms with Gasteiger partial charge in [-0.1, -0.05) is 0 Å². The average molecular weight is 232 g/mol. The first-order chi connectivity index (χ1) is 8.36. The predicted octanol–water partition coefficient (Wildman–Crippen LogP) is 1.03. The highest BCUT2D eigenvalue weighted by molar-refractivity contribution is 5.44. The highest BCUT2D eigenvalue weighted by Gasteiger charge is 2.17. The summed E-state index contributed by atoms with van der Waals surface area (Å²) in [7, 11) is 1.66. The second-order valence-electron chi connectivity index (χ2n) is 4.41. The van der Waals surface area contributed by atoms with E-state index in [1.165, 1.54) is 12.8 Å². The van der Waals surface area contributed by atoms with Crippen molar-refractivity contribution in [1.29, 1.82) is 0 Å². The van der Waals surface area contributed by atoms with Crippen molar-refractivity contribution in [3.63, 3.8) is 0 Å². The lowest BCUT2D eigenvalue weighted by Crippen LogP contribution is -2.24. The molecule has 0 amide bonds. The maximum atomic E-state index is 5.17. The van der Waals surface area contributed by atoms with Crippen LogP contribution in [0.25, 0.3) is 5.65 Å². The van der Waals surface area contributed by atoms with Gasteiger partial charge in [0, 0.05) is 24.7 Å². The second kappa shape index (κ2) is 4.33. The lowest BCUT2D eigenvalue weighted by molar-refractivity contribution is 0.414. The van der Waals surface area contributed by atoms with Gasteiger partial charge in [0.1, 0.15) is 11.6 Å². The van der Waals surface area contributed by atoms with Gasteiger partial charge in [-0.3, -0.25) is 4.40 Å². The van der Waals surface area contributed by atoms with Crippen LogP contribution in [0, 0.1) is 0 Å². The van der Waals surface area contributed by atoms with E-state index in [-0.39, 0.29) is 0 Å². The molecule has 1 aliphatic heterocycles. The molecule has 0 radical (unpaired) electrons. The van der Waals surface area contributed by atoms with E-state index >= 15 is 0 Å². The summed E-state index contributed by atoms with van der Waals surface area (Å²) in [6.45, 7) is 1.12. The van der Waals surface area contributed by atoms with Crippen LogP contribution in [0.1, 0.15) is 18.7 Å². The zero-order valence-electron chi connectivity index (χ0n) is 9.89. The molecule has 5 heteroatoms. The summed E-state index contributed by atoms with van der Waals surface area (Å²) < 4.78 is 7.20. The summed E-state index contributed by atoms with van der Waals surface area (Å²) >= 11 is 0. The number of nitrogens with zero attached hydrogens (tertiary/aromatic N) is 3. The van der Waals surface area contributed by atoms with Crippen molar-refractivity contribution in [2.45, 2.75) is 25.3 Å². The quantitative estimate of drug-likeness (QED) is 0.859. The molecule has 1 N–H and O–H groups in total. The van der Waals surface area contributed by atoms with Crippen molar-refractivity contribution in [3.05, 3.63) is 24.2 Å². The van der Waals surface area contributed by atoms with Gasteiger partial charge in [0.25, 0.3) is 0 Å². The first-order valence-corrected chi connectivity index (χ1v) is 5.98. The molecule has 1 fully saturated rings. The van der Waals surface area contributed by atoms with E-state index in [9.17, 15) is 0 Å². The van der Waals surface area contributed by atoms with Gasteiger partial charge in [0.2, 0.25) is 0 Å². The number of ether oxygens (including phenoxy) is 1. The molecule has 3 heterocycles. The Morgan fingerprint density at radius 2 is 2.47 bits per heavy atom. The van der Waals surface area contributed by atoms with Gasteiger partial charge in [0.15, 0.2) is 5.65 Å². The topological polar surface area (TPSA) is 51.5 Å². The fourth-order valence-corrected chi connectivity index (χ4v) is 2.34. The number of aromatic nitrogens is 3. The van der Waals surface area contributed by atoms with Crippen LogP contribution in [-0.2, 0) is 6.42 Å². The summed E-state index contributed by atoms with van der Waals surface area (Å²) in [6, 6.07) is 4.38. The minimum absolute atomic E-state index is 0.546. The van der Waals surface area contributed by atoms with Crippen LogP contribution in [0.4, 0.5) is 0 Å². The maximum absolute atomic E-state index is 5.17. The van der Waals surface area contributed by atoms with E-state index in [1.54, 1.807) is 7.11 Å². The lowest BCUT2D eigenvalue weighted by Gasteiger charge is -2.08. The summed E-state index contributed by atoms with van der Waals surface area (Å²) in [6.07, 6.45) is 5.40. The van der Waals surface area contributed by atoms with Crippen molar-refractivity contribution in [3.8, 4) is 5.75 Å². The number of hydrogen-bond donors (Lipinski definition) is 1. The van der Waals surface area contributed by atoms with Crippen molar-refractivity contribution in [2.24, 2.45) is 0 Å². The molecule has 1 saturated heterocycles. The molecule has 2 aromatic heterocycles. The van der Waals surface area contributed by atoms with E-state index in [2.05, 4.69) is 15.5 Å². The normalized spacial score (nSPS) is 19.9. The Kier molecular flexibility index (Phi) is 2.68. The minimum Gasteiger partial charge on any atom is -0.497 e. The zero-order valence-corrected chi connectivity index (χ0v) is 9.89. The minimum atomic E-state index is 0.546. The molecular weight excluding hydrogens is 216 g/mol. The largest absolute Gasteiger partial charge is 0.497 e. The Labute approximate surface area is 99.8 Å². The van der Waals surface area contributed by atoms with Crippen LogP contribution in [0.2, 0.25) is 0 Å². The first-order valence-electron chi connectivity index (χ1n) is 5.98. The summed E-state index contributed by atoms with van der Waals surface area (Å²) in [4.78, 5) is 0. The molecule has 1 atom stereocenters. The molecule has 1 aliphatic rings. The number of pyridine rings is 1. The molecule has 0 bridgehead atoms. The van der Waals surface area contributed by atoms with Crippen LogP contribution < -0.4 is 10.1 Å². The Bertz CT molecular complexity index is 516. The third kappa shape index (κ3) is 1.98. The fourth-order valence-electron chi connectivity index (χ4n) is 2.34. The molecule has 0 aromatic carbocycles. The van der Waals surface area contributed by atoms with Crippen molar-refractivity contribution in [2.75, 3.05) is 13.7 Å². The van der Waals surface area contributed by atoms with Gasteiger partial charge < -0.3 is 10.1 Å². The van der Waals surface area contributed by atoms with E-state index in [4.69, 9.17) is 4.74 Å². The average Bonchev–Trinajstić information content (AvgIpc) is 2.99. The summed E-state index contributed by atoms with van der Waals surface area (Å²) in [5, 5.41) is 11.9. The number of fused-ring (bicyclic) bond motifs is 1. The monoisotopic (exact) mass is 232 g/mol. The van der Waals surface area contributed by atoms with Crippen LogP contribution in [0.3, 0.4) is 0 Å². The van der Waals surface area contributed by atoms with Gasteiger partial charge in [0.05, 0.1) is 7.11 Å². The zero-order chi connectivity index (χ0) is 11.7. The van der Waals surface area contributed by atoms with Gasteiger partial charge in [-0.05, 0) is 25.5 Å². The van der Waals surface area contributed by atoms with E-state index in [0.29, 0.717) is 6.04 Å². The van der Waals surface area contributed by atoms with E-state index in [0.717, 1.165) is 30.2 Å². The molecule has 0 saturated carbocycles. The Morgan fingerprint density at radius 3 is 3.24 bits per heavy atom. The molecule has 1 unspecified atom stereocenters. The smallest absolute Gasteiger partial charge is 0.164 e. The number of methoxy groups -OCH3 is 1. The molecule has 17 heavy (non-hydrogen) atoms. The number of rotatable bonds is 3. The maximum Gasteiger partial charge on any atom is 0.164 e. The molecule has 0 aliphatic carbocycles. The molecule has 0 spiro atoms. The van der Waals surface area contributed by atoms with Crippen molar-refractivity contribution >= 4 is 5.65 Å². The first kappa shape index (κ1) is 10.5.